The molecule has 0 aliphatic carbocycles. The highest BCUT2D eigenvalue weighted by atomic mass is 19.3. The van der Waals surface area contributed by atoms with Crippen LogP contribution in [0.25, 0.3) is 0 Å². The number of halogens is 2. The highest BCUT2D eigenvalue weighted by Gasteiger charge is 2.34. The van der Waals surface area contributed by atoms with Crippen LogP contribution >= 0.6 is 0 Å². The molecule has 2 atom stereocenters. The number of likely N-dealkylation sites (N-methyl/N-ethyl adjacent to an activating group) is 1. The molecule has 10 heavy (non-hydrogen) atoms. The molecule has 0 aromatic rings. The van der Waals surface area contributed by atoms with Crippen molar-refractivity contribution < 1.29 is 8.78 Å². The minimum absolute atomic E-state index is 0.343. The number of likely N-dealkylation sites (tertiary alicyclic amines) is 1. The largest absolute Gasteiger partial charge is 0.326 e. The molecule has 1 aliphatic rings. The van der Waals surface area contributed by atoms with Crippen molar-refractivity contribution in [1.29, 1.82) is 0 Å². The van der Waals surface area contributed by atoms with E-state index in [9.17, 15) is 8.78 Å². The van der Waals surface area contributed by atoms with Gasteiger partial charge in [0.05, 0.1) is 0 Å². The maximum Gasteiger partial charge on any atom is 0.244 e. The van der Waals surface area contributed by atoms with E-state index in [-0.39, 0.29) is 6.04 Å². The van der Waals surface area contributed by atoms with Crippen molar-refractivity contribution in [1.82, 2.24) is 4.90 Å². The van der Waals surface area contributed by atoms with E-state index in [1.165, 1.54) is 0 Å². The van der Waals surface area contributed by atoms with Gasteiger partial charge in [0.25, 0.3) is 0 Å². The fourth-order valence-electron chi connectivity index (χ4n) is 1.33. The van der Waals surface area contributed by atoms with Crippen molar-refractivity contribution in [3.8, 4) is 0 Å². The third kappa shape index (κ3) is 1.44. The molecule has 1 fully saturated rings. The average molecular weight is 150 g/mol. The van der Waals surface area contributed by atoms with Crippen LogP contribution in [0.2, 0.25) is 0 Å². The number of rotatable bonds is 1. The average Bonchev–Trinajstić information content (AvgIpc) is 2.10. The second-order valence-electron chi connectivity index (χ2n) is 2.88. The van der Waals surface area contributed by atoms with Crippen LogP contribution < -0.4 is 5.73 Å². The number of nitrogens with two attached hydrogens (primary N) is 1. The molecule has 0 aromatic heterocycles. The topological polar surface area (TPSA) is 29.3 Å². The van der Waals surface area contributed by atoms with Gasteiger partial charge in [0.1, 0.15) is 0 Å². The van der Waals surface area contributed by atoms with Crippen LogP contribution in [0, 0.1) is 5.92 Å². The van der Waals surface area contributed by atoms with E-state index in [4.69, 9.17) is 5.73 Å². The van der Waals surface area contributed by atoms with E-state index < -0.39 is 12.3 Å². The Hall–Kier alpha value is -0.220. The Balaban J connectivity index is 2.46. The van der Waals surface area contributed by atoms with E-state index in [2.05, 4.69) is 0 Å². The number of hydrogen-bond donors (Lipinski definition) is 1. The summed E-state index contributed by atoms with van der Waals surface area (Å²) in [4.78, 5) is 1.83. The standard InChI is InChI=1S/C6H12F2N2/c1-10-2-4(6(7)8)5(9)3-10/h4-6H,2-3,9H2,1H3/t4-,5-/m1/s1. The van der Waals surface area contributed by atoms with E-state index in [1.807, 2.05) is 11.9 Å². The van der Waals surface area contributed by atoms with E-state index in [0.29, 0.717) is 13.1 Å². The maximum atomic E-state index is 12.1. The Labute approximate surface area is 59.0 Å². The lowest BCUT2D eigenvalue weighted by Gasteiger charge is -2.11. The molecule has 0 bridgehead atoms. The Bertz CT molecular complexity index is 118. The number of hydrogen-bond acceptors (Lipinski definition) is 2. The molecule has 2 nitrogen and oxygen atoms in total. The molecule has 1 saturated heterocycles. The first-order chi connectivity index (χ1) is 4.61. The summed E-state index contributed by atoms with van der Waals surface area (Å²) in [5.41, 5.74) is 5.45. The number of nitrogens with zero attached hydrogens (tertiary/aromatic N) is 1. The van der Waals surface area contributed by atoms with Crippen LogP contribution in [0.5, 0.6) is 0 Å². The van der Waals surface area contributed by atoms with Crippen molar-refractivity contribution in [3.05, 3.63) is 0 Å². The van der Waals surface area contributed by atoms with Crippen molar-refractivity contribution >= 4 is 0 Å². The third-order valence-corrected chi connectivity index (χ3v) is 1.92. The summed E-state index contributed by atoms with van der Waals surface area (Å²) in [6.45, 7) is 1.02. The lowest BCUT2D eigenvalue weighted by atomic mass is 10.1. The van der Waals surface area contributed by atoms with Gasteiger partial charge in [0, 0.05) is 25.0 Å². The minimum Gasteiger partial charge on any atom is -0.326 e. The lowest BCUT2D eigenvalue weighted by molar-refractivity contribution is 0.0759. The molecule has 4 heteroatoms. The molecule has 0 amide bonds. The molecule has 0 radical (unpaired) electrons. The van der Waals surface area contributed by atoms with E-state index in [0.717, 1.165) is 0 Å². The molecule has 0 spiro atoms. The number of alkyl halides is 2. The van der Waals surface area contributed by atoms with Gasteiger partial charge in [-0.2, -0.15) is 0 Å². The summed E-state index contributed by atoms with van der Waals surface area (Å²) in [6, 6.07) is -0.343. The summed E-state index contributed by atoms with van der Waals surface area (Å²) in [7, 11) is 1.81. The zero-order valence-electron chi connectivity index (χ0n) is 5.93. The van der Waals surface area contributed by atoms with Gasteiger partial charge in [-0.25, -0.2) is 8.78 Å². The fourth-order valence-corrected chi connectivity index (χ4v) is 1.33. The smallest absolute Gasteiger partial charge is 0.244 e. The zero-order chi connectivity index (χ0) is 7.72. The van der Waals surface area contributed by atoms with Crippen LogP contribution in [0.3, 0.4) is 0 Å². The van der Waals surface area contributed by atoms with Gasteiger partial charge in [0.15, 0.2) is 0 Å². The first-order valence-corrected chi connectivity index (χ1v) is 3.33. The molecule has 1 aliphatic heterocycles. The van der Waals surface area contributed by atoms with Gasteiger partial charge >= 0.3 is 0 Å². The minimum atomic E-state index is -2.26. The second-order valence-corrected chi connectivity index (χ2v) is 2.88. The first kappa shape index (κ1) is 7.88. The predicted octanol–water partition coefficient (Wildman–Crippen LogP) is 0.140. The van der Waals surface area contributed by atoms with Gasteiger partial charge in [-0.3, -0.25) is 0 Å². The van der Waals surface area contributed by atoms with Crippen molar-refractivity contribution in [2.45, 2.75) is 12.5 Å². The van der Waals surface area contributed by atoms with Gasteiger partial charge in [-0.15, -0.1) is 0 Å². The molecular weight excluding hydrogens is 138 g/mol. The molecule has 2 N–H and O–H groups in total. The molecule has 0 saturated carbocycles. The normalized spacial score (nSPS) is 35.7. The monoisotopic (exact) mass is 150 g/mol. The Morgan fingerprint density at radius 1 is 1.50 bits per heavy atom. The lowest BCUT2D eigenvalue weighted by Crippen LogP contribution is -2.33. The van der Waals surface area contributed by atoms with Gasteiger partial charge in [-0.1, -0.05) is 0 Å². The Kier molecular flexibility index (Phi) is 2.21. The Morgan fingerprint density at radius 3 is 2.30 bits per heavy atom. The summed E-state index contributed by atoms with van der Waals surface area (Å²) < 4.78 is 24.1. The van der Waals surface area contributed by atoms with Crippen LogP contribution in [-0.4, -0.2) is 37.5 Å². The fraction of sp³-hybridized carbons (Fsp3) is 1.00. The molecule has 0 aromatic carbocycles. The predicted molar refractivity (Wildman–Crippen MR) is 35.0 cm³/mol. The zero-order valence-corrected chi connectivity index (χ0v) is 5.93. The first-order valence-electron chi connectivity index (χ1n) is 3.33. The maximum absolute atomic E-state index is 12.1. The summed E-state index contributed by atoms with van der Waals surface area (Å²) in [5.74, 6) is -0.620. The van der Waals surface area contributed by atoms with Crippen molar-refractivity contribution in [3.63, 3.8) is 0 Å². The SMILES string of the molecule is CN1C[C@@H](N)[C@H](C(F)F)C1. The van der Waals surface area contributed by atoms with Crippen LogP contribution in [0.15, 0.2) is 0 Å². The van der Waals surface area contributed by atoms with Crippen molar-refractivity contribution in [2.24, 2.45) is 11.7 Å². The van der Waals surface area contributed by atoms with E-state index >= 15 is 0 Å². The molecular formula is C6H12F2N2. The van der Waals surface area contributed by atoms with Gasteiger partial charge in [-0.05, 0) is 7.05 Å². The highest BCUT2D eigenvalue weighted by molar-refractivity contribution is 4.86. The second kappa shape index (κ2) is 2.80. The molecule has 60 valence electrons. The highest BCUT2D eigenvalue weighted by Crippen LogP contribution is 2.20. The third-order valence-electron chi connectivity index (χ3n) is 1.92. The van der Waals surface area contributed by atoms with Crippen molar-refractivity contribution in [2.75, 3.05) is 20.1 Å². The molecule has 1 rings (SSSR count). The van der Waals surface area contributed by atoms with Crippen LogP contribution in [-0.2, 0) is 0 Å². The van der Waals surface area contributed by atoms with Crippen LogP contribution in [0.4, 0.5) is 8.78 Å². The van der Waals surface area contributed by atoms with Crippen LogP contribution in [0.1, 0.15) is 0 Å². The quantitative estimate of drug-likeness (QED) is 0.576. The van der Waals surface area contributed by atoms with Gasteiger partial charge in [0.2, 0.25) is 6.43 Å². The van der Waals surface area contributed by atoms with E-state index in [1.54, 1.807) is 0 Å². The molecule has 1 heterocycles. The molecule has 0 unspecified atom stereocenters. The summed E-state index contributed by atoms with van der Waals surface area (Å²) >= 11 is 0. The Morgan fingerprint density at radius 2 is 2.10 bits per heavy atom. The summed E-state index contributed by atoms with van der Waals surface area (Å²) in [5, 5.41) is 0. The summed E-state index contributed by atoms with van der Waals surface area (Å²) in [6.07, 6.45) is -2.26. The van der Waals surface area contributed by atoms with Gasteiger partial charge < -0.3 is 10.6 Å².